The summed E-state index contributed by atoms with van der Waals surface area (Å²) < 4.78 is 16.0. The van der Waals surface area contributed by atoms with Crippen LogP contribution < -0.4 is 10.1 Å². The lowest BCUT2D eigenvalue weighted by molar-refractivity contribution is 0.00859. The van der Waals surface area contributed by atoms with Crippen molar-refractivity contribution < 1.29 is 14.0 Å². The minimum atomic E-state index is 0.251. The molecular formula is C13H17N5O3. The van der Waals surface area contributed by atoms with Crippen molar-refractivity contribution in [3.8, 4) is 17.4 Å². The Morgan fingerprint density at radius 1 is 1.33 bits per heavy atom. The van der Waals surface area contributed by atoms with Crippen LogP contribution in [0.25, 0.3) is 11.5 Å². The molecule has 2 aromatic heterocycles. The van der Waals surface area contributed by atoms with Gasteiger partial charge in [-0.3, -0.25) is 0 Å². The van der Waals surface area contributed by atoms with Crippen molar-refractivity contribution in [2.45, 2.75) is 25.6 Å². The third-order valence-electron chi connectivity index (χ3n) is 3.28. The highest BCUT2D eigenvalue weighted by Gasteiger charge is 2.16. The van der Waals surface area contributed by atoms with Crippen molar-refractivity contribution in [1.29, 1.82) is 0 Å². The molecule has 0 unspecified atom stereocenters. The first-order valence-electron chi connectivity index (χ1n) is 6.86. The molecule has 1 saturated heterocycles. The number of nitrogens with zero attached hydrogens (tertiary/aromatic N) is 4. The maximum absolute atomic E-state index is 5.77. The predicted octanol–water partition coefficient (Wildman–Crippen LogP) is 0.804. The Labute approximate surface area is 121 Å². The molecule has 0 amide bonds. The molecule has 8 nitrogen and oxygen atoms in total. The standard InChI is InChI=1S/C13H17N5O3/c1-19-11-6-10(15-8-16-11)13-17-12(21-18-13)7-20-9-2-4-14-5-3-9/h6,8-9,14H,2-5,7H2,1H3. The molecule has 2 aromatic rings. The van der Waals surface area contributed by atoms with Crippen LogP contribution in [-0.2, 0) is 11.3 Å². The molecule has 21 heavy (non-hydrogen) atoms. The first-order chi connectivity index (χ1) is 10.3. The second-order valence-electron chi connectivity index (χ2n) is 4.72. The summed E-state index contributed by atoms with van der Waals surface area (Å²) >= 11 is 0. The Balaban J connectivity index is 1.62. The molecule has 0 saturated carbocycles. The maximum atomic E-state index is 5.77. The third-order valence-corrected chi connectivity index (χ3v) is 3.28. The van der Waals surface area contributed by atoms with Gasteiger partial charge < -0.3 is 19.3 Å². The van der Waals surface area contributed by atoms with E-state index in [2.05, 4.69) is 25.4 Å². The predicted molar refractivity (Wildman–Crippen MR) is 72.6 cm³/mol. The normalized spacial score (nSPS) is 16.0. The molecule has 3 rings (SSSR count). The highest BCUT2D eigenvalue weighted by molar-refractivity contribution is 5.48. The summed E-state index contributed by atoms with van der Waals surface area (Å²) in [6.07, 6.45) is 3.66. The first kappa shape index (κ1) is 13.9. The van der Waals surface area contributed by atoms with Gasteiger partial charge in [-0.05, 0) is 25.9 Å². The molecule has 0 aromatic carbocycles. The number of aromatic nitrogens is 4. The lowest BCUT2D eigenvalue weighted by Gasteiger charge is -2.21. The van der Waals surface area contributed by atoms with E-state index >= 15 is 0 Å². The molecule has 0 spiro atoms. The summed E-state index contributed by atoms with van der Waals surface area (Å²) in [6.45, 7) is 2.29. The van der Waals surface area contributed by atoms with Crippen molar-refractivity contribution in [2.24, 2.45) is 0 Å². The van der Waals surface area contributed by atoms with Gasteiger partial charge in [-0.15, -0.1) is 0 Å². The van der Waals surface area contributed by atoms with Gasteiger partial charge in [-0.2, -0.15) is 4.98 Å². The van der Waals surface area contributed by atoms with Crippen molar-refractivity contribution in [3.63, 3.8) is 0 Å². The van der Waals surface area contributed by atoms with E-state index in [1.54, 1.807) is 13.2 Å². The van der Waals surface area contributed by atoms with Gasteiger partial charge in [0.1, 0.15) is 18.6 Å². The van der Waals surface area contributed by atoms with Gasteiger partial charge in [0.2, 0.25) is 11.7 Å². The molecule has 1 aliphatic heterocycles. The number of methoxy groups -OCH3 is 1. The van der Waals surface area contributed by atoms with Crippen molar-refractivity contribution in [3.05, 3.63) is 18.3 Å². The van der Waals surface area contributed by atoms with E-state index < -0.39 is 0 Å². The zero-order valence-electron chi connectivity index (χ0n) is 11.8. The maximum Gasteiger partial charge on any atom is 0.253 e. The van der Waals surface area contributed by atoms with E-state index in [1.807, 2.05) is 0 Å². The fourth-order valence-electron chi connectivity index (χ4n) is 2.14. The largest absolute Gasteiger partial charge is 0.481 e. The molecule has 1 aliphatic rings. The minimum absolute atomic E-state index is 0.251. The lowest BCUT2D eigenvalue weighted by atomic mass is 10.1. The van der Waals surface area contributed by atoms with Gasteiger partial charge in [-0.1, -0.05) is 5.16 Å². The SMILES string of the molecule is COc1cc(-c2noc(COC3CCNCC3)n2)ncn1. The fraction of sp³-hybridized carbons (Fsp3) is 0.538. The number of piperidine rings is 1. The summed E-state index contributed by atoms with van der Waals surface area (Å²) in [5, 5.41) is 7.19. The third kappa shape index (κ3) is 3.53. The Hall–Kier alpha value is -2.06. The monoisotopic (exact) mass is 291 g/mol. The van der Waals surface area contributed by atoms with Crippen LogP contribution in [0.2, 0.25) is 0 Å². The van der Waals surface area contributed by atoms with Crippen LogP contribution in [0.4, 0.5) is 0 Å². The molecule has 112 valence electrons. The quantitative estimate of drug-likeness (QED) is 0.864. The van der Waals surface area contributed by atoms with E-state index in [0.717, 1.165) is 25.9 Å². The van der Waals surface area contributed by atoms with Crippen molar-refractivity contribution in [1.82, 2.24) is 25.4 Å². The van der Waals surface area contributed by atoms with Crippen LogP contribution in [0.15, 0.2) is 16.9 Å². The summed E-state index contributed by atoms with van der Waals surface area (Å²) in [5.41, 5.74) is 0.554. The Kier molecular flexibility index (Phi) is 4.37. The number of hydrogen-bond acceptors (Lipinski definition) is 8. The average Bonchev–Trinajstić information content (AvgIpc) is 3.03. The molecule has 1 fully saturated rings. The molecule has 8 heteroatoms. The number of rotatable bonds is 5. The van der Waals surface area contributed by atoms with Gasteiger partial charge in [0.15, 0.2) is 0 Å². The Bertz CT molecular complexity index is 583. The Morgan fingerprint density at radius 3 is 3.00 bits per heavy atom. The van der Waals surface area contributed by atoms with Crippen molar-refractivity contribution in [2.75, 3.05) is 20.2 Å². The van der Waals surface area contributed by atoms with Gasteiger partial charge in [0.25, 0.3) is 5.89 Å². The highest BCUT2D eigenvalue weighted by atomic mass is 16.5. The van der Waals surface area contributed by atoms with E-state index in [4.69, 9.17) is 14.0 Å². The van der Waals surface area contributed by atoms with E-state index in [1.165, 1.54) is 6.33 Å². The van der Waals surface area contributed by atoms with E-state index in [-0.39, 0.29) is 6.10 Å². The molecular weight excluding hydrogens is 274 g/mol. The summed E-state index contributed by atoms with van der Waals surface area (Å²) in [5.74, 6) is 1.30. The first-order valence-corrected chi connectivity index (χ1v) is 6.86. The lowest BCUT2D eigenvalue weighted by Crippen LogP contribution is -2.32. The molecule has 0 radical (unpaired) electrons. The van der Waals surface area contributed by atoms with Crippen LogP contribution in [0.5, 0.6) is 5.88 Å². The molecule has 0 bridgehead atoms. The van der Waals surface area contributed by atoms with Crippen LogP contribution in [0, 0.1) is 0 Å². The Morgan fingerprint density at radius 2 is 2.19 bits per heavy atom. The van der Waals surface area contributed by atoms with Crippen molar-refractivity contribution >= 4 is 0 Å². The smallest absolute Gasteiger partial charge is 0.253 e. The molecule has 3 heterocycles. The second kappa shape index (κ2) is 6.59. The summed E-state index contributed by atoms with van der Waals surface area (Å²) in [4.78, 5) is 12.3. The molecule has 0 atom stereocenters. The minimum Gasteiger partial charge on any atom is -0.481 e. The zero-order valence-corrected chi connectivity index (χ0v) is 11.8. The number of nitrogens with one attached hydrogen (secondary N) is 1. The van der Waals surface area contributed by atoms with Crippen LogP contribution >= 0.6 is 0 Å². The van der Waals surface area contributed by atoms with Gasteiger partial charge in [0.05, 0.1) is 13.2 Å². The van der Waals surface area contributed by atoms with Gasteiger partial charge >= 0.3 is 0 Å². The summed E-state index contributed by atoms with van der Waals surface area (Å²) in [6, 6.07) is 1.66. The number of hydrogen-bond donors (Lipinski definition) is 1. The van der Waals surface area contributed by atoms with Crippen LogP contribution in [-0.4, -0.2) is 46.4 Å². The van der Waals surface area contributed by atoms with Gasteiger partial charge in [-0.25, -0.2) is 9.97 Å². The second-order valence-corrected chi connectivity index (χ2v) is 4.72. The van der Waals surface area contributed by atoms with Crippen LogP contribution in [0.1, 0.15) is 18.7 Å². The zero-order chi connectivity index (χ0) is 14.5. The number of ether oxygens (including phenoxy) is 2. The molecule has 1 N–H and O–H groups in total. The highest BCUT2D eigenvalue weighted by Crippen LogP contribution is 2.17. The van der Waals surface area contributed by atoms with Crippen LogP contribution in [0.3, 0.4) is 0 Å². The van der Waals surface area contributed by atoms with E-state index in [0.29, 0.717) is 29.9 Å². The molecule has 0 aliphatic carbocycles. The average molecular weight is 291 g/mol. The topological polar surface area (TPSA) is 95.2 Å². The van der Waals surface area contributed by atoms with Gasteiger partial charge in [0, 0.05) is 6.07 Å². The summed E-state index contributed by atoms with van der Waals surface area (Å²) in [7, 11) is 1.54. The fourth-order valence-corrected chi connectivity index (χ4v) is 2.14. The van der Waals surface area contributed by atoms with E-state index in [9.17, 15) is 0 Å².